The van der Waals surface area contributed by atoms with Gasteiger partial charge < -0.3 is 24.7 Å². The number of amides is 1. The largest absolute Gasteiger partial charge is 0.466 e. The van der Waals surface area contributed by atoms with Gasteiger partial charge in [0.25, 0.3) is 0 Å². The molecule has 5 rings (SSSR count). The van der Waals surface area contributed by atoms with Crippen LogP contribution in [0, 0.1) is 20.8 Å². The van der Waals surface area contributed by atoms with E-state index in [2.05, 4.69) is 62.8 Å². The maximum absolute atomic E-state index is 13.2. The summed E-state index contributed by atoms with van der Waals surface area (Å²) >= 11 is 0. The van der Waals surface area contributed by atoms with E-state index in [0.29, 0.717) is 32.4 Å². The van der Waals surface area contributed by atoms with E-state index >= 15 is 0 Å². The summed E-state index contributed by atoms with van der Waals surface area (Å²) in [6.45, 7) is 14.8. The molecule has 0 aliphatic carbocycles. The van der Waals surface area contributed by atoms with E-state index < -0.39 is 0 Å². The Balaban J connectivity index is 1.63. The smallest absolute Gasteiger partial charge is 0.302 e. The fourth-order valence-electron chi connectivity index (χ4n) is 6.76. The van der Waals surface area contributed by atoms with Gasteiger partial charge in [0, 0.05) is 77.8 Å². The van der Waals surface area contributed by atoms with Crippen LogP contribution in [0.5, 0.6) is 0 Å². The number of nitrogens with one attached hydrogen (secondary N) is 2. The number of nitrogens with zero attached hydrogens (tertiary/aromatic N) is 3. The van der Waals surface area contributed by atoms with Crippen LogP contribution in [-0.2, 0) is 20.9 Å². The highest BCUT2D eigenvalue weighted by molar-refractivity contribution is 5.92. The molecule has 3 aromatic rings. The number of aryl methyl sites for hydroxylation is 3. The normalized spacial score (nSPS) is 16.2. The van der Waals surface area contributed by atoms with Crippen LogP contribution in [0.25, 0.3) is 33.2 Å². The van der Waals surface area contributed by atoms with Crippen molar-refractivity contribution in [2.45, 2.75) is 92.6 Å². The van der Waals surface area contributed by atoms with Gasteiger partial charge in [0.05, 0.1) is 24.6 Å². The van der Waals surface area contributed by atoms with Crippen LogP contribution in [0.3, 0.4) is 0 Å². The number of H-pyrrole nitrogens is 2. The van der Waals surface area contributed by atoms with E-state index in [4.69, 9.17) is 14.7 Å². The summed E-state index contributed by atoms with van der Waals surface area (Å²) in [5, 5.41) is 10.4. The fraction of sp³-hybridized carbons (Fsp3) is 0.459. The number of allylic oxidation sites excluding steroid dienone is 2. The summed E-state index contributed by atoms with van der Waals surface area (Å²) in [4.78, 5) is 43.5. The topological polar surface area (TPSA) is 124 Å². The van der Waals surface area contributed by atoms with Crippen molar-refractivity contribution in [2.24, 2.45) is 0 Å². The Hall–Kier alpha value is -4.24. The van der Waals surface area contributed by atoms with Crippen molar-refractivity contribution >= 4 is 45.1 Å². The Morgan fingerprint density at radius 1 is 0.957 bits per heavy atom. The average molecular weight is 626 g/mol. The molecule has 0 saturated carbocycles. The third kappa shape index (κ3) is 6.51. The minimum absolute atomic E-state index is 0.0446. The second kappa shape index (κ2) is 13.6. The van der Waals surface area contributed by atoms with Crippen molar-refractivity contribution in [3.05, 3.63) is 69.3 Å². The molecule has 0 unspecified atom stereocenters. The summed E-state index contributed by atoms with van der Waals surface area (Å²) in [7, 11) is 1.80. The maximum Gasteiger partial charge on any atom is 0.302 e. The van der Waals surface area contributed by atoms with Crippen LogP contribution in [0.1, 0.15) is 110 Å². The van der Waals surface area contributed by atoms with Gasteiger partial charge in [0.1, 0.15) is 0 Å². The van der Waals surface area contributed by atoms with Gasteiger partial charge in [-0.1, -0.05) is 13.8 Å². The number of carbonyl (C=O) groups excluding carboxylic acids is 2. The first-order chi connectivity index (χ1) is 21.9. The Kier molecular flexibility index (Phi) is 9.82. The summed E-state index contributed by atoms with van der Waals surface area (Å²) in [6.07, 6.45) is 2.51. The third-order valence-electron chi connectivity index (χ3n) is 9.76. The van der Waals surface area contributed by atoms with Gasteiger partial charge in [-0.05, 0) is 99.1 Å². The molecule has 9 heteroatoms. The molecule has 3 N–H and O–H groups in total. The molecule has 5 heterocycles. The Morgan fingerprint density at radius 3 is 2.35 bits per heavy atom. The first-order valence-corrected chi connectivity index (χ1v) is 16.3. The van der Waals surface area contributed by atoms with Crippen LogP contribution < -0.4 is 0 Å². The predicted octanol–water partition coefficient (Wildman–Crippen LogP) is 7.15. The second-order valence-corrected chi connectivity index (χ2v) is 12.8. The maximum atomic E-state index is 13.2. The van der Waals surface area contributed by atoms with Crippen molar-refractivity contribution < 1.29 is 19.4 Å². The fourth-order valence-corrected chi connectivity index (χ4v) is 6.76. The zero-order valence-electron chi connectivity index (χ0n) is 28.4. The average Bonchev–Trinajstić information content (AvgIpc) is 3.72. The second-order valence-electron chi connectivity index (χ2n) is 12.8. The molecule has 3 aromatic heterocycles. The number of aromatic nitrogens is 4. The van der Waals surface area contributed by atoms with Crippen molar-refractivity contribution in [2.75, 3.05) is 20.2 Å². The zero-order valence-corrected chi connectivity index (χ0v) is 28.4. The summed E-state index contributed by atoms with van der Waals surface area (Å²) < 4.78 is 5.03. The minimum atomic E-state index is -0.310. The third-order valence-corrected chi connectivity index (χ3v) is 9.76. The summed E-state index contributed by atoms with van der Waals surface area (Å²) in [5.74, 6) is -0.128. The lowest BCUT2D eigenvalue weighted by molar-refractivity contribution is -0.141. The number of rotatable bonds is 9. The van der Waals surface area contributed by atoms with Gasteiger partial charge in [-0.15, -0.1) is 0 Å². The number of aliphatic hydroxyl groups excluding tert-OH is 1. The molecule has 8 bridgehead atoms. The van der Waals surface area contributed by atoms with Gasteiger partial charge in [-0.3, -0.25) is 14.6 Å². The quantitative estimate of drug-likeness (QED) is 0.171. The van der Waals surface area contributed by atoms with Crippen molar-refractivity contribution in [3.63, 3.8) is 0 Å². The molecular weight excluding hydrogens is 578 g/mol. The summed E-state index contributed by atoms with van der Waals surface area (Å²) in [5.41, 5.74) is 14.0. The first-order valence-electron chi connectivity index (χ1n) is 16.3. The SMILES string of the molecule is CCC1=C(C)c2cc3[nH]c(cc4nc(c(C)c5cc(C)c(cc1n2)[nH]5)[C@@H](CCC(=O)N(C)CCCOC(C)=O)[C@@H]4C)c(C)c3CO. The molecule has 0 saturated heterocycles. The molecule has 0 radical (unpaired) electrons. The van der Waals surface area contributed by atoms with Gasteiger partial charge >= 0.3 is 5.97 Å². The first kappa shape index (κ1) is 33.1. The number of aliphatic hydroxyl groups is 1. The summed E-state index contributed by atoms with van der Waals surface area (Å²) in [6, 6.07) is 8.46. The molecule has 0 aromatic carbocycles. The van der Waals surface area contributed by atoms with E-state index in [1.807, 2.05) is 13.0 Å². The van der Waals surface area contributed by atoms with Gasteiger partial charge in [-0.25, -0.2) is 4.98 Å². The standard InChI is InChI=1S/C37H47N5O4/c1-9-26-21(3)32-18-35-28(19-43)23(5)31(40-35)17-33-22(4)27(11-12-36(45)42(8)13-10-14-46-25(7)44)37(41-33)24(6)30-15-20(2)29(38-30)16-34(26)39-32/h15-18,22,27,38,40,43H,9-14,19H2,1-8H3/t22-,27-/m0/s1. The van der Waals surface area contributed by atoms with Crippen LogP contribution in [-0.4, -0.2) is 62.0 Å². The highest BCUT2D eigenvalue weighted by Gasteiger charge is 2.31. The van der Waals surface area contributed by atoms with Crippen LogP contribution in [0.4, 0.5) is 0 Å². The number of aromatic amines is 2. The zero-order chi connectivity index (χ0) is 33.3. The van der Waals surface area contributed by atoms with Crippen LogP contribution >= 0.6 is 0 Å². The van der Waals surface area contributed by atoms with Crippen molar-refractivity contribution in [1.29, 1.82) is 0 Å². The van der Waals surface area contributed by atoms with E-state index in [9.17, 15) is 14.7 Å². The number of hydrogen-bond acceptors (Lipinski definition) is 6. The number of hydrogen-bond donors (Lipinski definition) is 3. The molecule has 2 aliphatic rings. The number of carbonyl (C=O) groups is 2. The molecule has 46 heavy (non-hydrogen) atoms. The highest BCUT2D eigenvalue weighted by Crippen LogP contribution is 2.42. The molecule has 1 amide bonds. The lowest BCUT2D eigenvalue weighted by Gasteiger charge is -2.20. The highest BCUT2D eigenvalue weighted by atomic mass is 16.5. The van der Waals surface area contributed by atoms with E-state index in [1.54, 1.807) is 11.9 Å². The molecular formula is C37H47N5O4. The predicted molar refractivity (Wildman–Crippen MR) is 183 cm³/mol. The van der Waals surface area contributed by atoms with Crippen molar-refractivity contribution in [1.82, 2.24) is 24.8 Å². The molecule has 0 spiro atoms. The monoisotopic (exact) mass is 625 g/mol. The molecule has 2 atom stereocenters. The Morgan fingerprint density at radius 2 is 1.65 bits per heavy atom. The molecule has 0 fully saturated rings. The number of esters is 1. The lowest BCUT2D eigenvalue weighted by Crippen LogP contribution is -2.28. The Bertz CT molecular complexity index is 1860. The van der Waals surface area contributed by atoms with E-state index in [0.717, 1.165) is 79.1 Å². The van der Waals surface area contributed by atoms with Gasteiger partial charge in [0.15, 0.2) is 0 Å². The molecule has 9 nitrogen and oxygen atoms in total. The van der Waals surface area contributed by atoms with Crippen LogP contribution in [0.15, 0.2) is 24.3 Å². The number of ether oxygens (including phenoxy) is 1. The Labute approximate surface area is 271 Å². The van der Waals surface area contributed by atoms with Crippen LogP contribution in [0.2, 0.25) is 0 Å². The van der Waals surface area contributed by atoms with Gasteiger partial charge in [-0.2, -0.15) is 0 Å². The molecule has 2 aliphatic heterocycles. The number of fused-ring (bicyclic) bond motifs is 8. The molecule has 244 valence electrons. The van der Waals surface area contributed by atoms with E-state index in [1.165, 1.54) is 12.5 Å². The lowest BCUT2D eigenvalue weighted by atomic mass is 9.86. The minimum Gasteiger partial charge on any atom is -0.466 e. The van der Waals surface area contributed by atoms with Crippen molar-refractivity contribution in [3.8, 4) is 0 Å². The van der Waals surface area contributed by atoms with E-state index in [-0.39, 0.29) is 30.3 Å². The van der Waals surface area contributed by atoms with Gasteiger partial charge in [0.2, 0.25) is 5.91 Å².